The van der Waals surface area contributed by atoms with E-state index in [1.807, 2.05) is 0 Å². The lowest BCUT2D eigenvalue weighted by Gasteiger charge is -2.06. The average molecular weight is 344 g/mol. The smallest absolute Gasteiger partial charge is 0.308 e. The van der Waals surface area contributed by atoms with Crippen molar-refractivity contribution in [3.8, 4) is 5.75 Å². The van der Waals surface area contributed by atoms with E-state index in [1.165, 1.54) is 6.92 Å². The Balaban J connectivity index is 2.99. The fraction of sp³-hybridized carbons (Fsp3) is 0.250. The molecule has 6 heteroatoms. The molecule has 78 valence electrons. The first-order valence-electron chi connectivity index (χ1n) is 3.82. The molecule has 0 aliphatic rings. The van der Waals surface area contributed by atoms with Crippen molar-refractivity contribution in [1.29, 1.82) is 0 Å². The summed E-state index contributed by atoms with van der Waals surface area (Å²) in [5.74, 6) is 0.255. The molecule has 1 aromatic rings. The van der Waals surface area contributed by atoms with Crippen molar-refractivity contribution in [2.75, 3.05) is 5.75 Å². The van der Waals surface area contributed by atoms with Crippen LogP contribution in [0, 0.1) is 0 Å². The second-order valence-corrected chi connectivity index (χ2v) is 6.13. The zero-order valence-corrected chi connectivity index (χ0v) is 11.3. The number of rotatable bonds is 3. The van der Waals surface area contributed by atoms with Crippen LogP contribution in [0.2, 0.25) is 0 Å². The molecule has 0 aliphatic carbocycles. The van der Waals surface area contributed by atoms with Crippen LogP contribution in [0.15, 0.2) is 27.1 Å². The molecule has 0 saturated carbocycles. The highest BCUT2D eigenvalue weighted by Crippen LogP contribution is 2.29. The van der Waals surface area contributed by atoms with Crippen molar-refractivity contribution >= 4 is 42.0 Å². The monoisotopic (exact) mass is 342 g/mol. The van der Waals surface area contributed by atoms with Gasteiger partial charge in [-0.1, -0.05) is 15.9 Å². The summed E-state index contributed by atoms with van der Waals surface area (Å²) < 4.78 is 28.6. The number of hydrogen-bond donors (Lipinski definition) is 0. The van der Waals surface area contributed by atoms with Gasteiger partial charge in [0.2, 0.25) is 0 Å². The van der Waals surface area contributed by atoms with E-state index >= 15 is 0 Å². The van der Waals surface area contributed by atoms with E-state index in [0.29, 0.717) is 10.2 Å². The second-order valence-electron chi connectivity index (χ2n) is 2.50. The van der Waals surface area contributed by atoms with E-state index in [-0.39, 0.29) is 5.75 Å². The number of benzene rings is 1. The van der Waals surface area contributed by atoms with Gasteiger partial charge in [-0.25, -0.2) is 0 Å². The van der Waals surface area contributed by atoms with Gasteiger partial charge in [-0.3, -0.25) is 0 Å². The molecule has 3 nitrogen and oxygen atoms in total. The molecule has 0 aliphatic heterocycles. The van der Waals surface area contributed by atoms with Crippen molar-refractivity contribution in [3.05, 3.63) is 27.1 Å². The molecule has 0 radical (unpaired) electrons. The highest BCUT2D eigenvalue weighted by Gasteiger charge is 2.11. The normalized spacial score (nSPS) is 11.4. The van der Waals surface area contributed by atoms with Crippen molar-refractivity contribution in [3.63, 3.8) is 0 Å². The van der Waals surface area contributed by atoms with Gasteiger partial charge in [-0.15, -0.1) is 0 Å². The van der Waals surface area contributed by atoms with Crippen LogP contribution >= 0.6 is 31.9 Å². The molecular weight excluding hydrogens is 336 g/mol. The van der Waals surface area contributed by atoms with Gasteiger partial charge >= 0.3 is 10.1 Å². The van der Waals surface area contributed by atoms with Crippen LogP contribution < -0.4 is 4.18 Å². The van der Waals surface area contributed by atoms with Crippen LogP contribution in [-0.2, 0) is 10.1 Å². The molecule has 0 aromatic heterocycles. The molecule has 0 heterocycles. The average Bonchev–Trinajstić information content (AvgIpc) is 2.10. The summed E-state index contributed by atoms with van der Waals surface area (Å²) in [5.41, 5.74) is 0. The van der Waals surface area contributed by atoms with Crippen LogP contribution in [0.5, 0.6) is 5.75 Å². The van der Waals surface area contributed by atoms with Gasteiger partial charge < -0.3 is 4.18 Å². The van der Waals surface area contributed by atoms with Crippen LogP contribution in [0.1, 0.15) is 6.92 Å². The van der Waals surface area contributed by atoms with Gasteiger partial charge in [0.1, 0.15) is 0 Å². The minimum Gasteiger partial charge on any atom is -0.381 e. The Labute approximate surface area is 99.8 Å². The first-order chi connectivity index (χ1) is 6.44. The van der Waals surface area contributed by atoms with Gasteiger partial charge in [0, 0.05) is 4.47 Å². The lowest BCUT2D eigenvalue weighted by molar-refractivity contribution is 0.486. The molecule has 0 saturated heterocycles. The van der Waals surface area contributed by atoms with E-state index in [9.17, 15) is 8.42 Å². The molecular formula is C8H8Br2O3S. The van der Waals surface area contributed by atoms with Crippen molar-refractivity contribution in [2.45, 2.75) is 6.92 Å². The number of halogens is 2. The Kier molecular flexibility index (Phi) is 3.97. The largest absolute Gasteiger partial charge is 0.381 e. The predicted octanol–water partition coefficient (Wildman–Crippen LogP) is 2.94. The highest BCUT2D eigenvalue weighted by atomic mass is 79.9. The van der Waals surface area contributed by atoms with E-state index in [4.69, 9.17) is 4.18 Å². The lowest BCUT2D eigenvalue weighted by atomic mass is 10.3. The molecule has 0 bridgehead atoms. The third kappa shape index (κ3) is 3.25. The Bertz CT molecular complexity index is 428. The standard InChI is InChI=1S/C8H8Br2O3S/c1-2-14(11,12)13-8-4-3-6(9)5-7(8)10/h3-5H,2H2,1H3. The molecule has 0 fully saturated rings. The summed E-state index contributed by atoms with van der Waals surface area (Å²) in [4.78, 5) is 0. The van der Waals surface area contributed by atoms with Gasteiger partial charge in [0.15, 0.2) is 5.75 Å². The van der Waals surface area contributed by atoms with Crippen molar-refractivity contribution in [1.82, 2.24) is 0 Å². The quantitative estimate of drug-likeness (QED) is 0.792. The first-order valence-corrected chi connectivity index (χ1v) is 6.98. The van der Waals surface area contributed by atoms with Crippen molar-refractivity contribution < 1.29 is 12.6 Å². The summed E-state index contributed by atoms with van der Waals surface area (Å²) >= 11 is 6.47. The minimum absolute atomic E-state index is 0.0461. The van der Waals surface area contributed by atoms with E-state index in [0.717, 1.165) is 4.47 Å². The summed E-state index contributed by atoms with van der Waals surface area (Å²) in [5, 5.41) is 0. The molecule has 0 unspecified atom stereocenters. The van der Waals surface area contributed by atoms with Gasteiger partial charge in [0.25, 0.3) is 0 Å². The van der Waals surface area contributed by atoms with Crippen LogP contribution in [0.3, 0.4) is 0 Å². The van der Waals surface area contributed by atoms with E-state index in [2.05, 4.69) is 31.9 Å². The van der Waals surface area contributed by atoms with Gasteiger partial charge in [-0.2, -0.15) is 8.42 Å². The maximum Gasteiger partial charge on any atom is 0.308 e. The van der Waals surface area contributed by atoms with Crippen LogP contribution in [0.4, 0.5) is 0 Å². The third-order valence-corrected chi connectivity index (χ3v) is 3.72. The fourth-order valence-electron chi connectivity index (χ4n) is 0.739. The Morgan fingerprint density at radius 3 is 2.50 bits per heavy atom. The summed E-state index contributed by atoms with van der Waals surface area (Å²) in [6, 6.07) is 5.02. The molecule has 1 aromatic carbocycles. The maximum absolute atomic E-state index is 11.2. The molecule has 1 rings (SSSR count). The summed E-state index contributed by atoms with van der Waals surface area (Å²) in [6.07, 6.45) is 0. The first kappa shape index (κ1) is 12.0. The molecule has 0 N–H and O–H groups in total. The molecule has 0 amide bonds. The lowest BCUT2D eigenvalue weighted by Crippen LogP contribution is -2.11. The fourth-order valence-corrected chi connectivity index (χ4v) is 2.51. The van der Waals surface area contributed by atoms with E-state index < -0.39 is 10.1 Å². The predicted molar refractivity (Wildman–Crippen MR) is 61.9 cm³/mol. The second kappa shape index (κ2) is 4.63. The van der Waals surface area contributed by atoms with Crippen molar-refractivity contribution in [2.24, 2.45) is 0 Å². The maximum atomic E-state index is 11.2. The highest BCUT2D eigenvalue weighted by molar-refractivity contribution is 9.11. The topological polar surface area (TPSA) is 43.4 Å². The third-order valence-electron chi connectivity index (χ3n) is 1.46. The van der Waals surface area contributed by atoms with Gasteiger partial charge in [-0.05, 0) is 41.1 Å². The summed E-state index contributed by atoms with van der Waals surface area (Å²) in [7, 11) is -3.45. The molecule has 0 atom stereocenters. The molecule has 14 heavy (non-hydrogen) atoms. The Hall–Kier alpha value is -0.0700. The SMILES string of the molecule is CCS(=O)(=O)Oc1ccc(Br)cc1Br. The molecule has 0 spiro atoms. The van der Waals surface area contributed by atoms with Crippen LogP contribution in [-0.4, -0.2) is 14.2 Å². The zero-order chi connectivity index (χ0) is 10.8. The zero-order valence-electron chi connectivity index (χ0n) is 7.33. The van der Waals surface area contributed by atoms with Gasteiger partial charge in [0.05, 0.1) is 10.2 Å². The number of hydrogen-bond acceptors (Lipinski definition) is 3. The van der Waals surface area contributed by atoms with Crippen LogP contribution in [0.25, 0.3) is 0 Å². The Morgan fingerprint density at radius 2 is 2.00 bits per heavy atom. The Morgan fingerprint density at radius 1 is 1.36 bits per heavy atom. The van der Waals surface area contributed by atoms with E-state index in [1.54, 1.807) is 18.2 Å². The minimum atomic E-state index is -3.45. The summed E-state index contributed by atoms with van der Waals surface area (Å²) in [6.45, 7) is 1.53.